The smallest absolute Gasteiger partial charge is 0.183 e. The Hall–Kier alpha value is -3.74. The minimum atomic E-state index is -0.277. The number of aromatic hydroxyl groups is 3. The summed E-state index contributed by atoms with van der Waals surface area (Å²) < 4.78 is 5.22. The fourth-order valence-corrected chi connectivity index (χ4v) is 2.46. The fourth-order valence-electron chi connectivity index (χ4n) is 2.46. The van der Waals surface area contributed by atoms with Gasteiger partial charge >= 0.3 is 0 Å². The van der Waals surface area contributed by atoms with Gasteiger partial charge in [0.25, 0.3) is 0 Å². The second-order valence-electron chi connectivity index (χ2n) is 5.71. The van der Waals surface area contributed by atoms with E-state index in [1.165, 1.54) is 19.4 Å². The number of ether oxygens (including phenoxy) is 1. The first-order valence-corrected chi connectivity index (χ1v) is 8.18. The van der Waals surface area contributed by atoms with Crippen molar-refractivity contribution in [2.75, 3.05) is 12.4 Å². The molecule has 0 unspecified atom stereocenters. The highest BCUT2D eigenvalue weighted by Gasteiger charge is 2.11. The zero-order chi connectivity index (χ0) is 19.2. The van der Waals surface area contributed by atoms with Crippen LogP contribution in [-0.4, -0.2) is 33.6 Å². The maximum atomic E-state index is 10.3. The molecule has 7 nitrogen and oxygen atoms in total. The zero-order valence-electron chi connectivity index (χ0n) is 14.6. The second kappa shape index (κ2) is 8.09. The number of pyridine rings is 1. The number of hydrogen-bond acceptors (Lipinski definition) is 7. The van der Waals surface area contributed by atoms with Crippen molar-refractivity contribution < 1.29 is 20.1 Å². The first kappa shape index (κ1) is 18.1. The zero-order valence-corrected chi connectivity index (χ0v) is 14.6. The monoisotopic (exact) mass is 365 g/mol. The molecule has 0 aliphatic rings. The molecule has 0 saturated carbocycles. The molecule has 0 radical (unpaired) electrons. The number of nitrogens with one attached hydrogen (secondary N) is 1. The van der Waals surface area contributed by atoms with E-state index in [1.807, 2.05) is 18.2 Å². The lowest BCUT2D eigenvalue weighted by atomic mass is 10.1. The summed E-state index contributed by atoms with van der Waals surface area (Å²) in [6.45, 7) is 0.452. The number of benzene rings is 2. The largest absolute Gasteiger partial charge is 0.504 e. The minimum Gasteiger partial charge on any atom is -0.504 e. The van der Waals surface area contributed by atoms with Crippen LogP contribution in [0.5, 0.6) is 23.0 Å². The van der Waals surface area contributed by atoms with E-state index >= 15 is 0 Å². The third-order valence-electron chi connectivity index (χ3n) is 3.86. The first-order chi connectivity index (χ1) is 13.1. The van der Waals surface area contributed by atoms with E-state index in [1.54, 1.807) is 30.5 Å². The summed E-state index contributed by atoms with van der Waals surface area (Å²) in [7, 11) is 1.46. The first-order valence-electron chi connectivity index (χ1n) is 8.18. The van der Waals surface area contributed by atoms with Gasteiger partial charge < -0.3 is 25.4 Å². The number of aliphatic imine (C=N–C) groups is 1. The molecular weight excluding hydrogens is 346 g/mol. The molecule has 0 aliphatic heterocycles. The highest BCUT2D eigenvalue weighted by Crippen LogP contribution is 2.38. The quantitative estimate of drug-likeness (QED) is 0.393. The average molecular weight is 365 g/mol. The van der Waals surface area contributed by atoms with Gasteiger partial charge in [-0.2, -0.15) is 0 Å². The summed E-state index contributed by atoms with van der Waals surface area (Å²) in [4.78, 5) is 8.43. The van der Waals surface area contributed by atoms with Gasteiger partial charge in [-0.05, 0) is 42.0 Å². The van der Waals surface area contributed by atoms with Gasteiger partial charge in [0.2, 0.25) is 0 Å². The van der Waals surface area contributed by atoms with Crippen molar-refractivity contribution in [2.24, 2.45) is 4.99 Å². The van der Waals surface area contributed by atoms with Crippen molar-refractivity contribution in [3.8, 4) is 23.0 Å². The molecule has 0 atom stereocenters. The predicted octanol–water partition coefficient (Wildman–Crippen LogP) is 3.57. The molecule has 0 amide bonds. The number of aromatic nitrogens is 1. The summed E-state index contributed by atoms with van der Waals surface area (Å²) in [5.41, 5.74) is 1.42. The van der Waals surface area contributed by atoms with Crippen molar-refractivity contribution in [1.29, 1.82) is 0 Å². The van der Waals surface area contributed by atoms with Crippen LogP contribution in [0.15, 0.2) is 59.7 Å². The number of phenolic OH excluding ortho intramolecular Hbond substituents is 3. The van der Waals surface area contributed by atoms with Gasteiger partial charge in [0, 0.05) is 24.5 Å². The van der Waals surface area contributed by atoms with Gasteiger partial charge in [-0.25, -0.2) is 4.98 Å². The lowest BCUT2D eigenvalue weighted by molar-refractivity contribution is 0.374. The number of para-hydroxylation sites is 1. The Balaban J connectivity index is 1.87. The summed E-state index contributed by atoms with van der Waals surface area (Å²) in [6, 6.07) is 13.5. The SMILES string of the molecule is COc1cc(CNc2ccccn2)cc(N=Cc2cccc(O)c2O)c1O. The number of anilines is 1. The van der Waals surface area contributed by atoms with Gasteiger partial charge in [0.15, 0.2) is 23.0 Å². The van der Waals surface area contributed by atoms with E-state index < -0.39 is 0 Å². The van der Waals surface area contributed by atoms with Crippen LogP contribution in [0.2, 0.25) is 0 Å². The number of rotatable bonds is 6. The molecule has 0 spiro atoms. The van der Waals surface area contributed by atoms with Crippen molar-refractivity contribution in [1.82, 2.24) is 4.98 Å². The van der Waals surface area contributed by atoms with Crippen LogP contribution in [0, 0.1) is 0 Å². The molecular formula is C20H19N3O4. The van der Waals surface area contributed by atoms with Crippen LogP contribution in [0.3, 0.4) is 0 Å². The number of hydrogen-bond donors (Lipinski definition) is 4. The molecule has 0 aliphatic carbocycles. The average Bonchev–Trinajstić information content (AvgIpc) is 2.69. The lowest BCUT2D eigenvalue weighted by Gasteiger charge is -2.11. The topological polar surface area (TPSA) is 107 Å². The van der Waals surface area contributed by atoms with Crippen LogP contribution in [-0.2, 0) is 6.54 Å². The molecule has 7 heteroatoms. The van der Waals surface area contributed by atoms with E-state index in [2.05, 4.69) is 15.3 Å². The molecule has 138 valence electrons. The number of phenols is 3. The number of methoxy groups -OCH3 is 1. The van der Waals surface area contributed by atoms with E-state index in [9.17, 15) is 15.3 Å². The highest BCUT2D eigenvalue weighted by atomic mass is 16.5. The van der Waals surface area contributed by atoms with Gasteiger partial charge in [0.05, 0.1) is 7.11 Å². The molecule has 1 heterocycles. The summed E-state index contributed by atoms with van der Waals surface area (Å²) in [6.07, 6.45) is 3.05. The Kier molecular flexibility index (Phi) is 5.41. The Morgan fingerprint density at radius 1 is 1.07 bits per heavy atom. The normalized spacial score (nSPS) is 10.9. The van der Waals surface area contributed by atoms with Gasteiger partial charge in [-0.1, -0.05) is 12.1 Å². The third-order valence-corrected chi connectivity index (χ3v) is 3.86. The molecule has 0 saturated heterocycles. The van der Waals surface area contributed by atoms with E-state index in [0.29, 0.717) is 12.1 Å². The summed E-state index contributed by atoms with van der Waals surface area (Å²) in [5, 5.41) is 32.9. The Bertz CT molecular complexity index is 959. The van der Waals surface area contributed by atoms with Crippen LogP contribution < -0.4 is 10.1 Å². The summed E-state index contributed by atoms with van der Waals surface area (Å²) in [5.74, 6) is 0.367. The minimum absolute atomic E-state index is 0.116. The molecule has 3 aromatic rings. The molecule has 4 N–H and O–H groups in total. The Morgan fingerprint density at radius 2 is 1.93 bits per heavy atom. The molecule has 2 aromatic carbocycles. The van der Waals surface area contributed by atoms with Crippen LogP contribution in [0.25, 0.3) is 0 Å². The highest BCUT2D eigenvalue weighted by molar-refractivity contribution is 5.87. The van der Waals surface area contributed by atoms with Crippen molar-refractivity contribution in [3.63, 3.8) is 0 Å². The third kappa shape index (κ3) is 4.27. The maximum Gasteiger partial charge on any atom is 0.183 e. The molecule has 0 fully saturated rings. The fraction of sp³-hybridized carbons (Fsp3) is 0.100. The van der Waals surface area contributed by atoms with Crippen LogP contribution in [0.4, 0.5) is 11.5 Å². The molecule has 1 aromatic heterocycles. The molecule has 27 heavy (non-hydrogen) atoms. The summed E-state index contributed by atoms with van der Waals surface area (Å²) >= 11 is 0. The maximum absolute atomic E-state index is 10.3. The Morgan fingerprint density at radius 3 is 2.67 bits per heavy atom. The van der Waals surface area contributed by atoms with Gasteiger partial charge in [-0.3, -0.25) is 4.99 Å². The standard InChI is InChI=1S/C20H19N3O4/c1-27-17-10-13(11-23-18-7-2-3-8-21-18)9-15(20(17)26)22-12-14-5-4-6-16(24)19(14)25/h2-10,12,24-26H,11H2,1H3,(H,21,23). The van der Waals surface area contributed by atoms with Crippen LogP contribution in [0.1, 0.15) is 11.1 Å². The van der Waals surface area contributed by atoms with Gasteiger partial charge in [0.1, 0.15) is 11.5 Å². The van der Waals surface area contributed by atoms with Crippen LogP contribution >= 0.6 is 0 Å². The van der Waals surface area contributed by atoms with Crippen molar-refractivity contribution in [3.05, 3.63) is 65.9 Å². The van der Waals surface area contributed by atoms with Crippen molar-refractivity contribution in [2.45, 2.75) is 6.54 Å². The van der Waals surface area contributed by atoms with E-state index in [-0.39, 0.29) is 28.7 Å². The van der Waals surface area contributed by atoms with E-state index in [0.717, 1.165) is 11.4 Å². The predicted molar refractivity (Wildman–Crippen MR) is 103 cm³/mol. The molecule has 0 bridgehead atoms. The lowest BCUT2D eigenvalue weighted by Crippen LogP contribution is -2.01. The second-order valence-corrected chi connectivity index (χ2v) is 5.71. The number of nitrogens with zero attached hydrogens (tertiary/aromatic N) is 2. The van der Waals surface area contributed by atoms with Gasteiger partial charge in [-0.15, -0.1) is 0 Å². The van der Waals surface area contributed by atoms with E-state index in [4.69, 9.17) is 4.74 Å². The van der Waals surface area contributed by atoms with Crippen molar-refractivity contribution >= 4 is 17.7 Å². The molecule has 3 rings (SSSR count). The Labute approximate surface area is 156 Å².